The lowest BCUT2D eigenvalue weighted by Crippen LogP contribution is -2.07. The second-order valence-corrected chi connectivity index (χ2v) is 7.06. The van der Waals surface area contributed by atoms with Crippen LogP contribution >= 0.6 is 0 Å². The zero-order chi connectivity index (χ0) is 22.9. The van der Waals surface area contributed by atoms with Crippen LogP contribution in [0.15, 0.2) is 41.2 Å². The largest absolute Gasteiger partial charge is 0.495 e. The number of aromatic nitrogens is 7. The first-order valence-corrected chi connectivity index (χ1v) is 10.0. The molecule has 5 heterocycles. The molecule has 0 saturated heterocycles. The zero-order valence-corrected chi connectivity index (χ0v) is 17.7. The molecule has 0 atom stereocenters. The average Bonchev–Trinajstić information content (AvgIpc) is 3.46. The number of rotatable bonds is 7. The van der Waals surface area contributed by atoms with Crippen LogP contribution in [-0.4, -0.2) is 53.1 Å². The Hall–Kier alpha value is -4.61. The Balaban J connectivity index is 1.47. The highest BCUT2D eigenvalue weighted by Crippen LogP contribution is 2.26. The van der Waals surface area contributed by atoms with Crippen LogP contribution in [0.4, 0.5) is 5.69 Å². The molecular weight excluding hydrogens is 428 g/mol. The number of hydrogen-bond acceptors (Lipinski definition) is 10. The molecule has 0 unspecified atom stereocenters. The molecule has 33 heavy (non-hydrogen) atoms. The van der Waals surface area contributed by atoms with Crippen molar-refractivity contribution >= 4 is 28.3 Å². The molecule has 12 heteroatoms. The molecule has 12 nitrogen and oxygen atoms in total. The van der Waals surface area contributed by atoms with Crippen LogP contribution in [0.5, 0.6) is 5.75 Å². The van der Waals surface area contributed by atoms with Crippen molar-refractivity contribution in [1.29, 1.82) is 0 Å². The topological polar surface area (TPSA) is 153 Å². The van der Waals surface area contributed by atoms with Crippen molar-refractivity contribution in [3.63, 3.8) is 0 Å². The van der Waals surface area contributed by atoms with E-state index in [0.29, 0.717) is 58.2 Å². The molecule has 5 rings (SSSR count). The number of anilines is 1. The van der Waals surface area contributed by atoms with E-state index in [9.17, 15) is 9.90 Å². The second kappa shape index (κ2) is 8.15. The summed E-state index contributed by atoms with van der Waals surface area (Å²) in [5, 5.41) is 29.2. The maximum atomic E-state index is 11.4. The number of nitrogens with zero attached hydrogens (tertiary/aromatic N) is 7. The van der Waals surface area contributed by atoms with Crippen molar-refractivity contribution in [3.8, 4) is 17.2 Å². The summed E-state index contributed by atoms with van der Waals surface area (Å²) in [7, 11) is 1.58. The highest BCUT2D eigenvalue weighted by Gasteiger charge is 2.22. The minimum atomic E-state index is -1.15. The number of aromatic carboxylic acids is 1. The van der Waals surface area contributed by atoms with Crippen LogP contribution in [-0.2, 0) is 13.0 Å². The summed E-state index contributed by atoms with van der Waals surface area (Å²) >= 11 is 0. The number of pyridine rings is 2. The molecule has 2 N–H and O–H groups in total. The van der Waals surface area contributed by atoms with Gasteiger partial charge in [0.15, 0.2) is 22.9 Å². The molecule has 0 amide bonds. The van der Waals surface area contributed by atoms with E-state index in [0.717, 1.165) is 5.69 Å². The van der Waals surface area contributed by atoms with Gasteiger partial charge in [0, 0.05) is 17.8 Å². The van der Waals surface area contributed by atoms with Gasteiger partial charge in [0.2, 0.25) is 0 Å². The molecule has 0 aliphatic heterocycles. The van der Waals surface area contributed by atoms with Gasteiger partial charge in [0.1, 0.15) is 17.0 Å². The number of carbonyl (C=O) groups is 1. The maximum absolute atomic E-state index is 11.4. The van der Waals surface area contributed by atoms with E-state index >= 15 is 0 Å². The van der Waals surface area contributed by atoms with Crippen LogP contribution in [0.2, 0.25) is 0 Å². The van der Waals surface area contributed by atoms with Crippen molar-refractivity contribution in [1.82, 2.24) is 34.9 Å². The maximum Gasteiger partial charge on any atom is 0.358 e. The van der Waals surface area contributed by atoms with Crippen LogP contribution in [0.3, 0.4) is 0 Å². The average molecular weight is 446 g/mol. The number of nitrogens with one attached hydrogen (secondary N) is 1. The van der Waals surface area contributed by atoms with E-state index < -0.39 is 5.97 Å². The van der Waals surface area contributed by atoms with Gasteiger partial charge in [-0.2, -0.15) is 9.61 Å². The van der Waals surface area contributed by atoms with E-state index in [4.69, 9.17) is 9.26 Å². The van der Waals surface area contributed by atoms with Crippen LogP contribution < -0.4 is 10.1 Å². The highest BCUT2D eigenvalue weighted by atomic mass is 16.5. The van der Waals surface area contributed by atoms with E-state index in [-0.39, 0.29) is 5.69 Å². The van der Waals surface area contributed by atoms with E-state index in [2.05, 4.69) is 35.7 Å². The Kier molecular flexibility index (Phi) is 5.01. The molecule has 0 aliphatic rings. The first kappa shape index (κ1) is 20.3. The molecule has 5 aromatic rings. The molecule has 0 radical (unpaired) electrons. The summed E-state index contributed by atoms with van der Waals surface area (Å²) in [4.78, 5) is 20.2. The van der Waals surface area contributed by atoms with Crippen molar-refractivity contribution in [2.24, 2.45) is 0 Å². The lowest BCUT2D eigenvalue weighted by molar-refractivity contribution is 0.0684. The normalized spacial score (nSPS) is 11.2. The quantitative estimate of drug-likeness (QED) is 0.379. The highest BCUT2D eigenvalue weighted by molar-refractivity contribution is 5.89. The SMILES string of the molecule is CCc1c(C(=O)O)noc1-c1ccc2nnc(CNc3ccnc4cc(OC)cnc34)n2n1. The predicted molar refractivity (Wildman–Crippen MR) is 116 cm³/mol. The number of carboxylic acids is 1. The third-order valence-electron chi connectivity index (χ3n) is 5.13. The molecule has 0 fully saturated rings. The minimum Gasteiger partial charge on any atom is -0.495 e. The number of ether oxygens (including phenoxy) is 1. The van der Waals surface area contributed by atoms with Gasteiger partial charge in [-0.25, -0.2) is 9.78 Å². The van der Waals surface area contributed by atoms with Gasteiger partial charge >= 0.3 is 5.97 Å². The molecule has 166 valence electrons. The summed E-state index contributed by atoms with van der Waals surface area (Å²) < 4.78 is 12.1. The van der Waals surface area contributed by atoms with Crippen molar-refractivity contribution in [2.45, 2.75) is 19.9 Å². The Morgan fingerprint density at radius 3 is 2.91 bits per heavy atom. The molecular formula is C21H18N8O4. The Labute approximate surface area is 186 Å². The molecule has 0 aliphatic carbocycles. The first-order chi connectivity index (χ1) is 16.1. The Morgan fingerprint density at radius 1 is 1.24 bits per heavy atom. The second-order valence-electron chi connectivity index (χ2n) is 7.06. The molecule has 0 saturated carbocycles. The Bertz CT molecular complexity index is 1490. The molecule has 0 spiro atoms. The predicted octanol–water partition coefficient (Wildman–Crippen LogP) is 2.60. The number of fused-ring (bicyclic) bond motifs is 2. The van der Waals surface area contributed by atoms with E-state index in [1.54, 1.807) is 36.2 Å². The Morgan fingerprint density at radius 2 is 2.12 bits per heavy atom. The van der Waals surface area contributed by atoms with Crippen molar-refractivity contribution in [2.75, 3.05) is 12.4 Å². The van der Waals surface area contributed by atoms with Crippen molar-refractivity contribution in [3.05, 3.63) is 53.7 Å². The first-order valence-electron chi connectivity index (χ1n) is 10.0. The summed E-state index contributed by atoms with van der Waals surface area (Å²) in [5.41, 5.74) is 3.48. The molecule has 0 bridgehead atoms. The number of methoxy groups -OCH3 is 1. The minimum absolute atomic E-state index is 0.117. The van der Waals surface area contributed by atoms with Gasteiger partial charge in [-0.1, -0.05) is 12.1 Å². The third-order valence-corrected chi connectivity index (χ3v) is 5.13. The van der Waals surface area contributed by atoms with Gasteiger partial charge in [-0.05, 0) is 24.6 Å². The van der Waals surface area contributed by atoms with Crippen LogP contribution in [0.25, 0.3) is 28.1 Å². The van der Waals surface area contributed by atoms with Crippen molar-refractivity contribution < 1.29 is 19.2 Å². The fourth-order valence-electron chi connectivity index (χ4n) is 3.51. The van der Waals surface area contributed by atoms with Crippen LogP contribution in [0, 0.1) is 0 Å². The molecule has 0 aromatic carbocycles. The lowest BCUT2D eigenvalue weighted by atomic mass is 10.1. The van der Waals surface area contributed by atoms with Gasteiger partial charge in [-0.15, -0.1) is 10.2 Å². The van der Waals surface area contributed by atoms with Gasteiger partial charge in [-0.3, -0.25) is 4.98 Å². The fraction of sp³-hybridized carbons (Fsp3) is 0.190. The number of carboxylic acid groups (broad SMARTS) is 1. The van der Waals surface area contributed by atoms with Crippen LogP contribution in [0.1, 0.15) is 28.8 Å². The van der Waals surface area contributed by atoms with E-state index in [1.807, 2.05) is 19.1 Å². The summed E-state index contributed by atoms with van der Waals surface area (Å²) in [6, 6.07) is 7.05. The monoisotopic (exact) mass is 446 g/mol. The zero-order valence-electron chi connectivity index (χ0n) is 17.7. The lowest BCUT2D eigenvalue weighted by Gasteiger charge is -2.08. The summed E-state index contributed by atoms with van der Waals surface area (Å²) in [5.74, 6) is 0.328. The number of hydrogen-bond donors (Lipinski definition) is 2. The smallest absolute Gasteiger partial charge is 0.358 e. The third kappa shape index (κ3) is 3.56. The van der Waals surface area contributed by atoms with E-state index in [1.165, 1.54) is 0 Å². The fourth-order valence-corrected chi connectivity index (χ4v) is 3.51. The standard InChI is InChI=1S/C21H18N8O4/c1-3-12-18(21(30)31)28-33-20(12)14-4-5-16-25-26-17(29(16)27-14)10-23-13-6-7-22-15-8-11(32-2)9-24-19(13)15/h4-9H,3,10H2,1-2H3,(H,22,23)(H,30,31). The summed E-state index contributed by atoms with van der Waals surface area (Å²) in [6.45, 7) is 2.14. The van der Waals surface area contributed by atoms with Gasteiger partial charge in [0.05, 0.1) is 31.1 Å². The van der Waals surface area contributed by atoms with Gasteiger partial charge in [0.25, 0.3) is 0 Å². The molecule has 5 aromatic heterocycles. The summed E-state index contributed by atoms with van der Waals surface area (Å²) in [6.07, 6.45) is 3.74. The van der Waals surface area contributed by atoms with Gasteiger partial charge < -0.3 is 19.7 Å².